The monoisotopic (exact) mass is 466 g/mol. The third-order valence-corrected chi connectivity index (χ3v) is 5.32. The molecule has 0 fully saturated rings. The Kier molecular flexibility index (Phi) is 6.34. The molecule has 1 amide bonds. The molecule has 2 aromatic heterocycles. The lowest BCUT2D eigenvalue weighted by Crippen LogP contribution is -2.31. The number of aliphatic hydroxyl groups excluding tert-OH is 1. The van der Waals surface area contributed by atoms with Crippen LogP contribution in [0.2, 0.25) is 5.02 Å². The van der Waals surface area contributed by atoms with Crippen LogP contribution in [0.5, 0.6) is 0 Å². The molecule has 4 aromatic rings. The number of nitrogens with two attached hydrogens (primary N) is 1. The molecule has 0 aliphatic heterocycles. The topological polar surface area (TPSA) is 119 Å². The Morgan fingerprint density at radius 1 is 1.24 bits per heavy atom. The fourth-order valence-corrected chi connectivity index (χ4v) is 3.59. The highest BCUT2D eigenvalue weighted by molar-refractivity contribution is 6.30. The fraction of sp³-hybridized carbons (Fsp3) is 0.130. The summed E-state index contributed by atoms with van der Waals surface area (Å²) in [6.07, 6.45) is 3.29. The Balaban J connectivity index is 1.60. The second-order valence-corrected chi connectivity index (χ2v) is 7.83. The third-order valence-electron chi connectivity index (χ3n) is 5.08. The average Bonchev–Trinajstić information content (AvgIpc) is 3.23. The molecule has 1 unspecified atom stereocenters. The minimum Gasteiger partial charge on any atom is -0.394 e. The highest BCUT2D eigenvalue weighted by atomic mass is 35.5. The fourth-order valence-electron chi connectivity index (χ4n) is 3.39. The van der Waals surface area contributed by atoms with Crippen molar-refractivity contribution in [2.75, 3.05) is 12.3 Å². The predicted octanol–water partition coefficient (Wildman–Crippen LogP) is 3.38. The SMILES string of the molecule is Cn1cc(-c2cnc(N)c(-c3ccc(C(=O)NC(CO)c4cccc(Cl)c4)c(F)c3)c2)nn1. The molecule has 4 rings (SSSR count). The molecule has 8 nitrogen and oxygen atoms in total. The molecule has 33 heavy (non-hydrogen) atoms. The number of benzene rings is 2. The van der Waals surface area contributed by atoms with E-state index in [1.807, 2.05) is 0 Å². The van der Waals surface area contributed by atoms with Gasteiger partial charge in [-0.25, -0.2) is 9.37 Å². The maximum atomic E-state index is 14.9. The molecule has 0 bridgehead atoms. The van der Waals surface area contributed by atoms with Crippen LogP contribution >= 0.6 is 11.6 Å². The van der Waals surface area contributed by atoms with Crippen molar-refractivity contribution in [1.82, 2.24) is 25.3 Å². The summed E-state index contributed by atoms with van der Waals surface area (Å²) in [5.41, 5.74) is 8.67. The van der Waals surface area contributed by atoms with Gasteiger partial charge in [0.25, 0.3) is 5.91 Å². The summed E-state index contributed by atoms with van der Waals surface area (Å²) in [7, 11) is 1.75. The van der Waals surface area contributed by atoms with Crippen LogP contribution in [0.3, 0.4) is 0 Å². The Labute approximate surface area is 193 Å². The molecule has 2 aromatic carbocycles. The lowest BCUT2D eigenvalue weighted by Gasteiger charge is -2.17. The van der Waals surface area contributed by atoms with Crippen LogP contribution in [0.25, 0.3) is 22.4 Å². The molecule has 168 valence electrons. The third kappa shape index (κ3) is 4.84. The van der Waals surface area contributed by atoms with Crippen molar-refractivity contribution >= 4 is 23.3 Å². The number of nitrogens with one attached hydrogen (secondary N) is 1. The molecule has 0 saturated heterocycles. The van der Waals surface area contributed by atoms with Gasteiger partial charge >= 0.3 is 0 Å². The van der Waals surface area contributed by atoms with E-state index < -0.39 is 17.8 Å². The lowest BCUT2D eigenvalue weighted by molar-refractivity contribution is 0.0912. The first-order valence-electron chi connectivity index (χ1n) is 9.95. The zero-order valence-corrected chi connectivity index (χ0v) is 18.3. The van der Waals surface area contributed by atoms with E-state index in [4.69, 9.17) is 17.3 Å². The summed E-state index contributed by atoms with van der Waals surface area (Å²) >= 11 is 5.99. The van der Waals surface area contributed by atoms with Gasteiger partial charge in [0.05, 0.1) is 24.4 Å². The summed E-state index contributed by atoms with van der Waals surface area (Å²) in [5, 5.41) is 20.7. The summed E-state index contributed by atoms with van der Waals surface area (Å²) in [6, 6.07) is 11.9. The number of aryl methyl sites for hydroxylation is 1. The van der Waals surface area contributed by atoms with Crippen LogP contribution < -0.4 is 11.1 Å². The number of nitrogen functional groups attached to an aromatic ring is 1. The molecule has 1 atom stereocenters. The molecule has 2 heterocycles. The number of pyridine rings is 1. The number of aromatic nitrogens is 4. The quantitative estimate of drug-likeness (QED) is 0.401. The van der Waals surface area contributed by atoms with Crippen LogP contribution in [-0.2, 0) is 7.05 Å². The highest BCUT2D eigenvalue weighted by Gasteiger charge is 2.19. The first-order chi connectivity index (χ1) is 15.9. The first-order valence-corrected chi connectivity index (χ1v) is 10.3. The highest BCUT2D eigenvalue weighted by Crippen LogP contribution is 2.30. The van der Waals surface area contributed by atoms with Crippen molar-refractivity contribution in [2.24, 2.45) is 7.05 Å². The molecule has 0 aliphatic carbocycles. The van der Waals surface area contributed by atoms with Crippen LogP contribution in [-0.4, -0.2) is 37.6 Å². The minimum absolute atomic E-state index is 0.171. The second kappa shape index (κ2) is 9.35. The van der Waals surface area contributed by atoms with E-state index in [9.17, 15) is 14.3 Å². The van der Waals surface area contributed by atoms with Gasteiger partial charge in [0.2, 0.25) is 0 Å². The Bertz CT molecular complexity index is 1330. The zero-order chi connectivity index (χ0) is 23.5. The maximum Gasteiger partial charge on any atom is 0.254 e. The maximum absolute atomic E-state index is 14.9. The van der Waals surface area contributed by atoms with E-state index >= 15 is 0 Å². The Morgan fingerprint density at radius 3 is 2.73 bits per heavy atom. The van der Waals surface area contributed by atoms with E-state index in [1.54, 1.807) is 60.5 Å². The van der Waals surface area contributed by atoms with Crippen LogP contribution in [0.1, 0.15) is 22.0 Å². The second-order valence-electron chi connectivity index (χ2n) is 7.39. The van der Waals surface area contributed by atoms with Gasteiger partial charge < -0.3 is 16.2 Å². The molecule has 10 heteroatoms. The molecule has 0 radical (unpaired) electrons. The smallest absolute Gasteiger partial charge is 0.254 e. The number of carbonyl (C=O) groups is 1. The molecular formula is C23H20ClFN6O2. The largest absolute Gasteiger partial charge is 0.394 e. The van der Waals surface area contributed by atoms with Gasteiger partial charge in [-0.3, -0.25) is 9.48 Å². The van der Waals surface area contributed by atoms with E-state index in [2.05, 4.69) is 20.6 Å². The van der Waals surface area contributed by atoms with E-state index in [0.717, 1.165) is 0 Å². The number of nitrogens with zero attached hydrogens (tertiary/aromatic N) is 4. The van der Waals surface area contributed by atoms with Crippen molar-refractivity contribution in [3.63, 3.8) is 0 Å². The molecule has 0 aliphatic rings. The number of amides is 1. The van der Waals surface area contributed by atoms with Crippen molar-refractivity contribution in [3.8, 4) is 22.4 Å². The minimum atomic E-state index is -0.739. The summed E-state index contributed by atoms with van der Waals surface area (Å²) < 4.78 is 16.5. The average molecular weight is 467 g/mol. The normalized spacial score (nSPS) is 11.9. The number of hydrogen-bond donors (Lipinski definition) is 3. The molecular weight excluding hydrogens is 447 g/mol. The van der Waals surface area contributed by atoms with Crippen LogP contribution in [0, 0.1) is 5.82 Å². The number of rotatable bonds is 6. The Hall–Kier alpha value is -3.82. The van der Waals surface area contributed by atoms with Crippen molar-refractivity contribution < 1.29 is 14.3 Å². The molecule has 0 spiro atoms. The van der Waals surface area contributed by atoms with Gasteiger partial charge in [-0.05, 0) is 41.5 Å². The molecule has 0 saturated carbocycles. The number of aliphatic hydroxyl groups is 1. The van der Waals surface area contributed by atoms with E-state index in [0.29, 0.717) is 33.0 Å². The van der Waals surface area contributed by atoms with Gasteiger partial charge in [-0.15, -0.1) is 5.10 Å². The van der Waals surface area contributed by atoms with E-state index in [-0.39, 0.29) is 18.0 Å². The lowest BCUT2D eigenvalue weighted by atomic mass is 10.0. The number of carbonyl (C=O) groups excluding carboxylic acids is 1. The standard InChI is InChI=1S/C23H20ClFN6O2/c1-31-11-20(29-30-31)15-8-18(22(26)27-10-15)13-5-6-17(19(25)9-13)23(33)28-21(12-32)14-3-2-4-16(24)7-14/h2-11,21,32H,12H2,1H3,(H2,26,27)(H,28,33). The van der Waals surface area contributed by atoms with Crippen molar-refractivity contribution in [2.45, 2.75) is 6.04 Å². The zero-order valence-electron chi connectivity index (χ0n) is 17.5. The van der Waals surface area contributed by atoms with Gasteiger partial charge in [0.15, 0.2) is 0 Å². The number of hydrogen-bond acceptors (Lipinski definition) is 6. The first kappa shape index (κ1) is 22.4. The van der Waals surface area contributed by atoms with Crippen LogP contribution in [0.15, 0.2) is 60.9 Å². The summed E-state index contributed by atoms with van der Waals surface area (Å²) in [6.45, 7) is -0.372. The summed E-state index contributed by atoms with van der Waals surface area (Å²) in [4.78, 5) is 16.9. The van der Waals surface area contributed by atoms with Gasteiger partial charge in [-0.1, -0.05) is 35.0 Å². The van der Waals surface area contributed by atoms with Gasteiger partial charge in [-0.2, -0.15) is 0 Å². The van der Waals surface area contributed by atoms with Gasteiger partial charge in [0, 0.05) is 29.4 Å². The van der Waals surface area contributed by atoms with Crippen molar-refractivity contribution in [1.29, 1.82) is 0 Å². The van der Waals surface area contributed by atoms with Gasteiger partial charge in [0.1, 0.15) is 17.3 Å². The van der Waals surface area contributed by atoms with E-state index in [1.165, 1.54) is 12.1 Å². The number of anilines is 1. The molecule has 4 N–H and O–H groups in total. The summed E-state index contributed by atoms with van der Waals surface area (Å²) in [5.74, 6) is -1.20. The van der Waals surface area contributed by atoms with Crippen molar-refractivity contribution in [3.05, 3.63) is 82.9 Å². The Morgan fingerprint density at radius 2 is 2.06 bits per heavy atom. The number of halogens is 2. The van der Waals surface area contributed by atoms with Crippen LogP contribution in [0.4, 0.5) is 10.2 Å². The predicted molar refractivity (Wildman–Crippen MR) is 123 cm³/mol.